The lowest BCUT2D eigenvalue weighted by molar-refractivity contribution is -0.133. The van der Waals surface area contributed by atoms with E-state index in [4.69, 9.17) is 9.88 Å². The molecule has 0 saturated heterocycles. The molecule has 0 fully saturated rings. The summed E-state index contributed by atoms with van der Waals surface area (Å²) in [6.45, 7) is 2.71. The maximum Gasteiger partial charge on any atom is 0.238 e. The number of nitrogens with two attached hydrogens (primary N) is 1. The SMILES string of the molecule is CC(c1ccc(S(N)(=O)=O)cc1)N(C)C(=O)CCC(=O)N1CCOc2ccccc21. The van der Waals surface area contributed by atoms with Gasteiger partial charge >= 0.3 is 0 Å². The van der Waals surface area contributed by atoms with Crippen LogP contribution in [-0.2, 0) is 19.6 Å². The first kappa shape index (κ1) is 21.8. The molecule has 160 valence electrons. The first-order valence-electron chi connectivity index (χ1n) is 9.59. The first-order chi connectivity index (χ1) is 14.2. The minimum atomic E-state index is -3.76. The van der Waals surface area contributed by atoms with Crippen LogP contribution in [0.1, 0.15) is 31.4 Å². The number of fused-ring (bicyclic) bond motifs is 1. The number of ether oxygens (including phenoxy) is 1. The molecule has 0 spiro atoms. The first-order valence-corrected chi connectivity index (χ1v) is 11.1. The molecule has 0 saturated carbocycles. The number of nitrogens with zero attached hydrogens (tertiary/aromatic N) is 2. The van der Waals surface area contributed by atoms with E-state index < -0.39 is 10.0 Å². The van der Waals surface area contributed by atoms with Crippen LogP contribution >= 0.6 is 0 Å². The maximum atomic E-state index is 12.7. The molecule has 1 atom stereocenters. The second kappa shape index (κ2) is 8.85. The monoisotopic (exact) mass is 431 g/mol. The topological polar surface area (TPSA) is 110 Å². The van der Waals surface area contributed by atoms with Crippen molar-refractivity contribution in [2.75, 3.05) is 25.1 Å². The quantitative estimate of drug-likeness (QED) is 0.753. The molecule has 8 nitrogen and oxygen atoms in total. The van der Waals surface area contributed by atoms with E-state index in [0.29, 0.717) is 18.9 Å². The molecule has 0 radical (unpaired) electrons. The van der Waals surface area contributed by atoms with Gasteiger partial charge in [0.2, 0.25) is 21.8 Å². The van der Waals surface area contributed by atoms with Crippen LogP contribution in [0.4, 0.5) is 5.69 Å². The zero-order valence-electron chi connectivity index (χ0n) is 16.9. The smallest absolute Gasteiger partial charge is 0.238 e. The molecule has 2 aromatic rings. The van der Waals surface area contributed by atoms with Crippen LogP contribution in [0.2, 0.25) is 0 Å². The highest BCUT2D eigenvalue weighted by molar-refractivity contribution is 7.89. The molecule has 1 aliphatic rings. The number of sulfonamides is 1. The Labute approximate surface area is 176 Å². The summed E-state index contributed by atoms with van der Waals surface area (Å²) in [6.07, 6.45) is 0.170. The Morgan fingerprint density at radius 1 is 1.13 bits per heavy atom. The largest absolute Gasteiger partial charge is 0.490 e. The molecule has 30 heavy (non-hydrogen) atoms. The highest BCUT2D eigenvalue weighted by atomic mass is 32.2. The van der Waals surface area contributed by atoms with Gasteiger partial charge in [-0.15, -0.1) is 0 Å². The van der Waals surface area contributed by atoms with Gasteiger partial charge in [0, 0.05) is 19.9 Å². The van der Waals surface area contributed by atoms with E-state index >= 15 is 0 Å². The third-order valence-corrected chi connectivity index (χ3v) is 6.18. The van der Waals surface area contributed by atoms with Crippen LogP contribution in [-0.4, -0.2) is 45.3 Å². The highest BCUT2D eigenvalue weighted by Gasteiger charge is 2.25. The van der Waals surface area contributed by atoms with Crippen LogP contribution in [0.5, 0.6) is 5.75 Å². The van der Waals surface area contributed by atoms with E-state index in [1.807, 2.05) is 31.2 Å². The number of benzene rings is 2. The lowest BCUT2D eigenvalue weighted by atomic mass is 10.1. The Kier molecular flexibility index (Phi) is 6.42. The number of anilines is 1. The lowest BCUT2D eigenvalue weighted by Gasteiger charge is -2.30. The van der Waals surface area contributed by atoms with Crippen molar-refractivity contribution in [1.29, 1.82) is 0 Å². The average Bonchev–Trinajstić information content (AvgIpc) is 2.75. The summed E-state index contributed by atoms with van der Waals surface area (Å²) < 4.78 is 28.3. The van der Waals surface area contributed by atoms with Crippen molar-refractivity contribution >= 4 is 27.5 Å². The number of para-hydroxylation sites is 2. The summed E-state index contributed by atoms with van der Waals surface area (Å²) in [5, 5.41) is 5.11. The number of hydrogen-bond donors (Lipinski definition) is 1. The molecular weight excluding hydrogens is 406 g/mol. The lowest BCUT2D eigenvalue weighted by Crippen LogP contribution is -2.38. The summed E-state index contributed by atoms with van der Waals surface area (Å²) in [5.74, 6) is 0.364. The molecule has 9 heteroatoms. The fourth-order valence-corrected chi connectivity index (χ4v) is 3.84. The van der Waals surface area contributed by atoms with E-state index in [1.54, 1.807) is 29.0 Å². The van der Waals surface area contributed by atoms with Crippen LogP contribution in [0.25, 0.3) is 0 Å². The Hall–Kier alpha value is -2.91. The summed E-state index contributed by atoms with van der Waals surface area (Å²) in [7, 11) is -2.10. The van der Waals surface area contributed by atoms with Gasteiger partial charge in [0.15, 0.2) is 0 Å². The molecule has 2 N–H and O–H groups in total. The standard InChI is InChI=1S/C21H25N3O5S/c1-15(16-7-9-17(10-8-16)30(22,27)28)23(2)20(25)11-12-21(26)24-13-14-29-19-6-4-3-5-18(19)24/h3-10,15H,11-14H2,1-2H3,(H2,22,27,28). The number of carbonyl (C=O) groups is 2. The third kappa shape index (κ3) is 4.80. The molecule has 0 aromatic heterocycles. The molecule has 1 unspecified atom stereocenters. The van der Waals surface area contributed by atoms with Gasteiger partial charge in [-0.3, -0.25) is 9.59 Å². The Morgan fingerprint density at radius 3 is 2.47 bits per heavy atom. The van der Waals surface area contributed by atoms with E-state index in [0.717, 1.165) is 11.3 Å². The summed E-state index contributed by atoms with van der Waals surface area (Å²) in [5.41, 5.74) is 1.49. The van der Waals surface area contributed by atoms with Gasteiger partial charge in [-0.1, -0.05) is 24.3 Å². The normalized spacial score (nSPS) is 14.4. The van der Waals surface area contributed by atoms with Crippen molar-refractivity contribution in [2.45, 2.75) is 30.7 Å². The fourth-order valence-electron chi connectivity index (χ4n) is 3.33. The van der Waals surface area contributed by atoms with E-state index in [1.165, 1.54) is 12.1 Å². The third-order valence-electron chi connectivity index (χ3n) is 5.25. The molecule has 1 heterocycles. The van der Waals surface area contributed by atoms with Gasteiger partial charge in [-0.25, -0.2) is 13.6 Å². The second-order valence-corrected chi connectivity index (χ2v) is 8.72. The Bertz CT molecular complexity index is 1040. The van der Waals surface area contributed by atoms with Crippen molar-refractivity contribution < 1.29 is 22.7 Å². The predicted octanol–water partition coefficient (Wildman–Crippen LogP) is 2.06. The highest BCUT2D eigenvalue weighted by Crippen LogP contribution is 2.31. The summed E-state index contributed by atoms with van der Waals surface area (Å²) in [6, 6.07) is 13.1. The molecule has 2 amide bonds. The Morgan fingerprint density at radius 2 is 1.80 bits per heavy atom. The molecular formula is C21H25N3O5S. The zero-order chi connectivity index (χ0) is 21.9. The van der Waals surface area contributed by atoms with E-state index in [2.05, 4.69) is 0 Å². The van der Waals surface area contributed by atoms with E-state index in [9.17, 15) is 18.0 Å². The van der Waals surface area contributed by atoms with Crippen LogP contribution < -0.4 is 14.8 Å². The van der Waals surface area contributed by atoms with Gasteiger partial charge in [-0.05, 0) is 36.8 Å². The van der Waals surface area contributed by atoms with Gasteiger partial charge in [0.1, 0.15) is 12.4 Å². The second-order valence-electron chi connectivity index (χ2n) is 7.16. The van der Waals surface area contributed by atoms with Crippen molar-refractivity contribution in [2.24, 2.45) is 5.14 Å². The Balaban J connectivity index is 1.60. The minimum absolute atomic E-state index is 0.0174. The molecule has 0 bridgehead atoms. The van der Waals surface area contributed by atoms with Gasteiger partial charge in [-0.2, -0.15) is 0 Å². The van der Waals surface area contributed by atoms with Crippen LogP contribution in [0.3, 0.4) is 0 Å². The fraction of sp³-hybridized carbons (Fsp3) is 0.333. The van der Waals surface area contributed by atoms with Gasteiger partial charge < -0.3 is 14.5 Å². The minimum Gasteiger partial charge on any atom is -0.490 e. The predicted molar refractivity (Wildman–Crippen MR) is 113 cm³/mol. The van der Waals surface area contributed by atoms with Crippen molar-refractivity contribution in [1.82, 2.24) is 4.90 Å². The van der Waals surface area contributed by atoms with Gasteiger partial charge in [0.05, 0.1) is 23.2 Å². The summed E-state index contributed by atoms with van der Waals surface area (Å²) in [4.78, 5) is 28.5. The van der Waals surface area contributed by atoms with Crippen molar-refractivity contribution in [3.8, 4) is 5.75 Å². The number of primary sulfonamides is 1. The molecule has 1 aliphatic heterocycles. The molecule has 0 aliphatic carbocycles. The maximum absolute atomic E-state index is 12.7. The van der Waals surface area contributed by atoms with E-state index in [-0.39, 0.29) is 35.6 Å². The summed E-state index contributed by atoms with van der Waals surface area (Å²) >= 11 is 0. The van der Waals surface area contributed by atoms with Crippen molar-refractivity contribution in [3.63, 3.8) is 0 Å². The van der Waals surface area contributed by atoms with Crippen LogP contribution in [0.15, 0.2) is 53.4 Å². The number of amides is 2. The zero-order valence-corrected chi connectivity index (χ0v) is 17.8. The number of rotatable bonds is 6. The number of carbonyl (C=O) groups excluding carboxylic acids is 2. The average molecular weight is 432 g/mol. The number of hydrogen-bond acceptors (Lipinski definition) is 5. The molecule has 2 aromatic carbocycles. The van der Waals surface area contributed by atoms with Crippen molar-refractivity contribution in [3.05, 3.63) is 54.1 Å². The van der Waals surface area contributed by atoms with Crippen LogP contribution in [0, 0.1) is 0 Å². The molecule has 3 rings (SSSR count). The van der Waals surface area contributed by atoms with Gasteiger partial charge in [0.25, 0.3) is 0 Å².